The summed E-state index contributed by atoms with van der Waals surface area (Å²) in [5, 5.41) is 5.33. The summed E-state index contributed by atoms with van der Waals surface area (Å²) < 4.78 is 40.9. The van der Waals surface area contributed by atoms with E-state index in [2.05, 4.69) is 15.6 Å². The Balaban J connectivity index is 1.50. The number of halogens is 3. The van der Waals surface area contributed by atoms with Crippen LogP contribution >= 0.6 is 0 Å². The number of carbonyl (C=O) groups is 3. The molecule has 8 nitrogen and oxygen atoms in total. The SMILES string of the molecule is CN(C)C(=O)NCC(=O)N1CC(F)CC1C(=O)NC(c1ccccc1)c1ccc(C2CC(F)(F)C2)cn1. The van der Waals surface area contributed by atoms with Gasteiger partial charge in [0.05, 0.1) is 24.8 Å². The van der Waals surface area contributed by atoms with Crippen molar-refractivity contribution in [1.29, 1.82) is 0 Å². The Labute approximate surface area is 213 Å². The van der Waals surface area contributed by atoms with E-state index in [-0.39, 0.29) is 38.3 Å². The third kappa shape index (κ3) is 6.20. The van der Waals surface area contributed by atoms with Gasteiger partial charge in [-0.25, -0.2) is 18.0 Å². The van der Waals surface area contributed by atoms with E-state index in [9.17, 15) is 27.6 Å². The summed E-state index contributed by atoms with van der Waals surface area (Å²) >= 11 is 0. The van der Waals surface area contributed by atoms with Gasteiger partial charge in [-0.05, 0) is 23.1 Å². The van der Waals surface area contributed by atoms with Crippen molar-refractivity contribution in [2.45, 2.75) is 49.4 Å². The fourth-order valence-electron chi connectivity index (χ4n) is 4.66. The molecule has 1 saturated heterocycles. The second-order valence-corrected chi connectivity index (χ2v) is 9.78. The first kappa shape index (κ1) is 26.4. The highest BCUT2D eigenvalue weighted by molar-refractivity contribution is 5.91. The molecule has 0 radical (unpaired) electrons. The van der Waals surface area contributed by atoms with Crippen LogP contribution in [-0.2, 0) is 9.59 Å². The van der Waals surface area contributed by atoms with Gasteiger partial charge >= 0.3 is 6.03 Å². The van der Waals surface area contributed by atoms with E-state index in [1.54, 1.807) is 42.6 Å². The maximum atomic E-state index is 14.3. The normalized spacial score (nSPS) is 21.6. The summed E-state index contributed by atoms with van der Waals surface area (Å²) in [4.78, 5) is 44.7. The van der Waals surface area contributed by atoms with Gasteiger partial charge in [0.15, 0.2) is 0 Å². The predicted molar refractivity (Wildman–Crippen MR) is 130 cm³/mol. The number of likely N-dealkylation sites (tertiary alicyclic amines) is 1. The number of pyridine rings is 1. The molecule has 3 unspecified atom stereocenters. The minimum absolute atomic E-state index is 0.164. The van der Waals surface area contributed by atoms with Crippen molar-refractivity contribution < 1.29 is 27.6 Å². The number of benzene rings is 1. The molecule has 1 aliphatic carbocycles. The quantitative estimate of drug-likeness (QED) is 0.591. The van der Waals surface area contributed by atoms with Crippen molar-refractivity contribution in [3.8, 4) is 0 Å². The molecule has 11 heteroatoms. The van der Waals surface area contributed by atoms with Crippen LogP contribution < -0.4 is 10.6 Å². The van der Waals surface area contributed by atoms with Crippen molar-refractivity contribution in [3.05, 3.63) is 65.5 Å². The minimum Gasteiger partial charge on any atom is -0.342 e. The largest absolute Gasteiger partial charge is 0.342 e. The number of urea groups is 1. The Kier molecular flexibility index (Phi) is 7.70. The zero-order valence-electron chi connectivity index (χ0n) is 20.7. The van der Waals surface area contributed by atoms with Crippen molar-refractivity contribution in [2.24, 2.45) is 0 Å². The lowest BCUT2D eigenvalue weighted by molar-refractivity contribution is -0.137. The standard InChI is InChI=1S/C26H30F3N5O3/c1-33(2)25(37)31-14-22(35)34-15-19(27)10-21(34)24(36)32-23(16-6-4-3-5-7-16)20-9-8-17(13-30-20)18-11-26(28,29)12-18/h3-9,13,18-19,21,23H,10-12,14-15H2,1-2H3,(H,31,37)(H,32,36). The van der Waals surface area contributed by atoms with E-state index < -0.39 is 42.0 Å². The monoisotopic (exact) mass is 517 g/mol. The first-order chi connectivity index (χ1) is 17.5. The zero-order valence-corrected chi connectivity index (χ0v) is 20.7. The number of amides is 4. The summed E-state index contributed by atoms with van der Waals surface area (Å²) in [6.07, 6.45) is -0.413. The fourth-order valence-corrected chi connectivity index (χ4v) is 4.66. The molecule has 2 aliphatic rings. The third-order valence-corrected chi connectivity index (χ3v) is 6.76. The summed E-state index contributed by atoms with van der Waals surface area (Å²) in [5.74, 6) is -4.01. The van der Waals surface area contributed by atoms with E-state index in [0.29, 0.717) is 11.3 Å². The van der Waals surface area contributed by atoms with Crippen molar-refractivity contribution in [1.82, 2.24) is 25.4 Å². The second-order valence-electron chi connectivity index (χ2n) is 9.78. The molecule has 4 rings (SSSR count). The minimum atomic E-state index is -2.64. The number of nitrogens with zero attached hydrogens (tertiary/aromatic N) is 3. The van der Waals surface area contributed by atoms with Crippen LogP contribution in [-0.4, -0.2) is 78.0 Å². The average Bonchev–Trinajstić information content (AvgIpc) is 3.26. The van der Waals surface area contributed by atoms with E-state index in [1.165, 1.54) is 19.0 Å². The van der Waals surface area contributed by atoms with E-state index >= 15 is 0 Å². The van der Waals surface area contributed by atoms with Crippen LogP contribution in [0, 0.1) is 0 Å². The molecule has 2 heterocycles. The van der Waals surface area contributed by atoms with Crippen LogP contribution in [0.5, 0.6) is 0 Å². The highest BCUT2D eigenvalue weighted by atomic mass is 19.3. The van der Waals surface area contributed by atoms with Crippen LogP contribution in [0.25, 0.3) is 0 Å². The van der Waals surface area contributed by atoms with E-state index in [4.69, 9.17) is 0 Å². The lowest BCUT2D eigenvalue weighted by atomic mass is 9.77. The van der Waals surface area contributed by atoms with Crippen molar-refractivity contribution in [3.63, 3.8) is 0 Å². The van der Waals surface area contributed by atoms with Gasteiger partial charge in [0.1, 0.15) is 12.2 Å². The van der Waals surface area contributed by atoms with Gasteiger partial charge in [-0.15, -0.1) is 0 Å². The summed E-state index contributed by atoms with van der Waals surface area (Å²) in [5.41, 5.74) is 1.91. The predicted octanol–water partition coefficient (Wildman–Crippen LogP) is 3.01. The molecule has 2 N–H and O–H groups in total. The molecule has 1 aromatic carbocycles. The van der Waals surface area contributed by atoms with Gasteiger partial charge < -0.3 is 20.4 Å². The number of aromatic nitrogens is 1. The first-order valence-electron chi connectivity index (χ1n) is 12.1. The molecular formula is C26H30F3N5O3. The molecule has 1 saturated carbocycles. The van der Waals surface area contributed by atoms with E-state index in [0.717, 1.165) is 10.5 Å². The first-order valence-corrected chi connectivity index (χ1v) is 12.1. The van der Waals surface area contributed by atoms with Crippen LogP contribution in [0.15, 0.2) is 48.7 Å². The Morgan fingerprint density at radius 3 is 2.43 bits per heavy atom. The van der Waals surface area contributed by atoms with Crippen LogP contribution in [0.3, 0.4) is 0 Å². The average molecular weight is 518 g/mol. The molecule has 1 aromatic heterocycles. The molecular weight excluding hydrogens is 487 g/mol. The number of nitrogens with one attached hydrogen (secondary N) is 2. The molecule has 1 aliphatic heterocycles. The number of rotatable bonds is 7. The van der Waals surface area contributed by atoms with Gasteiger partial charge in [0.25, 0.3) is 0 Å². The third-order valence-electron chi connectivity index (χ3n) is 6.76. The topological polar surface area (TPSA) is 94.6 Å². The lowest BCUT2D eigenvalue weighted by Crippen LogP contribution is -2.50. The van der Waals surface area contributed by atoms with Crippen LogP contribution in [0.2, 0.25) is 0 Å². The maximum Gasteiger partial charge on any atom is 0.317 e. The van der Waals surface area contributed by atoms with Gasteiger partial charge in [0.2, 0.25) is 17.7 Å². The Morgan fingerprint density at radius 2 is 1.84 bits per heavy atom. The maximum absolute atomic E-state index is 14.3. The highest BCUT2D eigenvalue weighted by Crippen LogP contribution is 2.48. The van der Waals surface area contributed by atoms with E-state index in [1.807, 2.05) is 6.07 Å². The second kappa shape index (κ2) is 10.8. The Bertz CT molecular complexity index is 1120. The highest BCUT2D eigenvalue weighted by Gasteiger charge is 2.46. The zero-order chi connectivity index (χ0) is 26.7. The molecule has 0 bridgehead atoms. The molecule has 3 atom stereocenters. The van der Waals surface area contributed by atoms with Gasteiger partial charge in [-0.3, -0.25) is 14.6 Å². The molecule has 198 valence electrons. The Hall–Kier alpha value is -3.63. The lowest BCUT2D eigenvalue weighted by Gasteiger charge is -2.35. The summed E-state index contributed by atoms with van der Waals surface area (Å²) in [6.45, 7) is -0.609. The van der Waals surface area contributed by atoms with Crippen LogP contribution in [0.4, 0.5) is 18.0 Å². The van der Waals surface area contributed by atoms with Gasteiger partial charge in [0, 0.05) is 39.6 Å². The number of hydrogen-bond acceptors (Lipinski definition) is 4. The van der Waals surface area contributed by atoms with Crippen LogP contribution in [0.1, 0.15) is 48.0 Å². The van der Waals surface area contributed by atoms with Gasteiger partial charge in [-0.2, -0.15) is 0 Å². The molecule has 4 amide bonds. The molecule has 2 fully saturated rings. The molecule has 0 spiro atoms. The van der Waals surface area contributed by atoms with Gasteiger partial charge in [-0.1, -0.05) is 36.4 Å². The molecule has 37 heavy (non-hydrogen) atoms. The Morgan fingerprint density at radius 1 is 1.14 bits per heavy atom. The van der Waals surface area contributed by atoms with Crippen molar-refractivity contribution in [2.75, 3.05) is 27.2 Å². The fraction of sp³-hybridized carbons (Fsp3) is 0.462. The summed E-state index contributed by atoms with van der Waals surface area (Å²) in [7, 11) is 3.05. The summed E-state index contributed by atoms with van der Waals surface area (Å²) in [6, 6.07) is 10.2. The number of hydrogen-bond donors (Lipinski definition) is 2. The number of alkyl halides is 3. The van der Waals surface area contributed by atoms with Crippen molar-refractivity contribution >= 4 is 17.8 Å². The molecule has 2 aromatic rings. The number of carbonyl (C=O) groups excluding carboxylic acids is 3. The smallest absolute Gasteiger partial charge is 0.317 e.